The van der Waals surface area contributed by atoms with Gasteiger partial charge in [0.15, 0.2) is 0 Å². The summed E-state index contributed by atoms with van der Waals surface area (Å²) in [4.78, 5) is 14.6. The Morgan fingerprint density at radius 1 is 1.19 bits per heavy atom. The van der Waals surface area contributed by atoms with Gasteiger partial charge in [-0.3, -0.25) is 4.79 Å². The SMILES string of the molecule is N#C[C@@H]1C[C@H]2[C@H](CC2(F)F)N1C(=O)[C@H](N)C12C[C@@H]3C[C@@H](CC(O)(C3)C1)C2. The van der Waals surface area contributed by atoms with E-state index in [0.29, 0.717) is 18.3 Å². The molecule has 1 heterocycles. The van der Waals surface area contributed by atoms with Gasteiger partial charge in [0.1, 0.15) is 6.04 Å². The Balaban J connectivity index is 1.42. The second kappa shape index (κ2) is 4.96. The van der Waals surface area contributed by atoms with Crippen molar-refractivity contribution in [3.05, 3.63) is 0 Å². The van der Waals surface area contributed by atoms with Gasteiger partial charge in [0, 0.05) is 18.4 Å². The highest BCUT2D eigenvalue weighted by atomic mass is 19.3. The maximum atomic E-state index is 13.8. The number of aliphatic hydroxyl groups is 1. The molecule has 0 radical (unpaired) electrons. The van der Waals surface area contributed by atoms with Crippen molar-refractivity contribution >= 4 is 5.91 Å². The van der Waals surface area contributed by atoms with Crippen LogP contribution in [0.4, 0.5) is 8.78 Å². The Labute approximate surface area is 151 Å². The monoisotopic (exact) mass is 365 g/mol. The minimum absolute atomic E-state index is 0.0365. The van der Waals surface area contributed by atoms with Crippen molar-refractivity contribution in [3.63, 3.8) is 0 Å². The molecule has 0 aromatic carbocycles. The molecule has 5 aliphatic carbocycles. The summed E-state index contributed by atoms with van der Waals surface area (Å²) in [5, 5.41) is 20.3. The Kier molecular flexibility index (Phi) is 3.22. The smallest absolute Gasteiger partial charge is 0.254 e. The number of fused-ring (bicyclic) bond motifs is 1. The number of carbonyl (C=O) groups excluding carboxylic acids is 1. The van der Waals surface area contributed by atoms with Crippen LogP contribution in [0.1, 0.15) is 51.4 Å². The number of amides is 1. The first-order valence-corrected chi connectivity index (χ1v) is 9.74. The van der Waals surface area contributed by atoms with Crippen molar-refractivity contribution in [1.82, 2.24) is 4.90 Å². The topological polar surface area (TPSA) is 90.4 Å². The van der Waals surface area contributed by atoms with Gasteiger partial charge in [0.2, 0.25) is 5.91 Å². The van der Waals surface area contributed by atoms with Crippen LogP contribution in [-0.4, -0.2) is 45.6 Å². The van der Waals surface area contributed by atoms with Gasteiger partial charge in [-0.2, -0.15) is 5.26 Å². The molecule has 1 amide bonds. The van der Waals surface area contributed by atoms with Gasteiger partial charge in [-0.15, -0.1) is 0 Å². The van der Waals surface area contributed by atoms with E-state index in [-0.39, 0.29) is 18.7 Å². The van der Waals surface area contributed by atoms with E-state index >= 15 is 0 Å². The van der Waals surface area contributed by atoms with E-state index in [0.717, 1.165) is 32.1 Å². The molecular formula is C19H25F2N3O2. The van der Waals surface area contributed by atoms with Crippen molar-refractivity contribution in [2.45, 2.75) is 81.0 Å². The molecule has 1 saturated heterocycles. The number of nitrogens with zero attached hydrogens (tertiary/aromatic N) is 2. The fourth-order valence-corrected chi connectivity index (χ4v) is 7.40. The molecule has 0 aromatic heterocycles. The predicted octanol–water partition coefficient (Wildman–Crippen LogP) is 1.79. The fourth-order valence-electron chi connectivity index (χ4n) is 7.40. The lowest BCUT2D eigenvalue weighted by Crippen LogP contribution is -2.66. The van der Waals surface area contributed by atoms with Crippen LogP contribution in [0.15, 0.2) is 0 Å². The Morgan fingerprint density at radius 2 is 1.85 bits per heavy atom. The number of hydrogen-bond donors (Lipinski definition) is 2. The molecule has 6 aliphatic rings. The Bertz CT molecular complexity index is 691. The third-order valence-electron chi connectivity index (χ3n) is 8.06. The summed E-state index contributed by atoms with van der Waals surface area (Å²) >= 11 is 0. The molecule has 26 heavy (non-hydrogen) atoms. The number of rotatable bonds is 2. The van der Waals surface area contributed by atoms with E-state index in [2.05, 4.69) is 0 Å². The lowest BCUT2D eigenvalue weighted by Gasteiger charge is -2.62. The molecule has 1 aliphatic heterocycles. The van der Waals surface area contributed by atoms with Crippen LogP contribution in [-0.2, 0) is 4.79 Å². The van der Waals surface area contributed by atoms with Crippen molar-refractivity contribution in [1.29, 1.82) is 5.26 Å². The molecular weight excluding hydrogens is 340 g/mol. The standard InChI is InChI=1S/C19H25F2N3O2/c20-19(21)7-14-13(19)2-12(8-22)24(14)16(25)15(23)17-3-10-1-11(4-17)6-18(26,5-10)9-17/h10-15,26H,1-7,9,23H2/t10-,11+,12-,13-,14-,15-,17?,18?/m0/s1. The predicted molar refractivity (Wildman–Crippen MR) is 87.7 cm³/mol. The number of halogens is 2. The number of likely N-dealkylation sites (tertiary alicyclic amines) is 1. The zero-order valence-electron chi connectivity index (χ0n) is 14.7. The molecule has 6 rings (SSSR count). The fraction of sp³-hybridized carbons (Fsp3) is 0.895. The molecule has 2 unspecified atom stereocenters. The lowest BCUT2D eigenvalue weighted by molar-refractivity contribution is -0.184. The summed E-state index contributed by atoms with van der Waals surface area (Å²) in [5.41, 5.74) is 5.30. The first-order chi connectivity index (χ1) is 12.2. The van der Waals surface area contributed by atoms with Gasteiger partial charge < -0.3 is 15.7 Å². The Hall–Kier alpha value is -1.26. The summed E-state index contributed by atoms with van der Waals surface area (Å²) < 4.78 is 27.6. The van der Waals surface area contributed by atoms with Crippen LogP contribution >= 0.6 is 0 Å². The van der Waals surface area contributed by atoms with E-state index < -0.39 is 41.0 Å². The van der Waals surface area contributed by atoms with Crippen molar-refractivity contribution in [2.24, 2.45) is 28.9 Å². The van der Waals surface area contributed by atoms with Crippen molar-refractivity contribution in [3.8, 4) is 6.07 Å². The average molecular weight is 365 g/mol. The molecule has 5 nitrogen and oxygen atoms in total. The van der Waals surface area contributed by atoms with Crippen molar-refractivity contribution in [2.75, 3.05) is 0 Å². The van der Waals surface area contributed by atoms with Gasteiger partial charge in [0.05, 0.1) is 17.7 Å². The van der Waals surface area contributed by atoms with Crippen LogP contribution in [0.5, 0.6) is 0 Å². The summed E-state index contributed by atoms with van der Waals surface area (Å²) in [7, 11) is 0. The quantitative estimate of drug-likeness (QED) is 0.781. The van der Waals surface area contributed by atoms with Crippen LogP contribution in [0, 0.1) is 34.5 Å². The first kappa shape index (κ1) is 16.9. The van der Waals surface area contributed by atoms with E-state index in [9.17, 15) is 23.9 Å². The third-order valence-corrected chi connectivity index (χ3v) is 8.06. The van der Waals surface area contributed by atoms with Crippen LogP contribution < -0.4 is 5.73 Å². The van der Waals surface area contributed by atoms with E-state index in [4.69, 9.17) is 5.73 Å². The largest absolute Gasteiger partial charge is 0.390 e. The zero-order valence-corrected chi connectivity index (χ0v) is 14.7. The molecule has 0 aromatic rings. The zero-order chi connectivity index (χ0) is 18.5. The molecule has 3 N–H and O–H groups in total. The molecule has 5 saturated carbocycles. The average Bonchev–Trinajstić information content (AvgIpc) is 2.85. The minimum Gasteiger partial charge on any atom is -0.390 e. The van der Waals surface area contributed by atoms with Gasteiger partial charge in [-0.05, 0) is 62.2 Å². The summed E-state index contributed by atoms with van der Waals surface area (Å²) in [6.45, 7) is 0. The number of nitriles is 1. The van der Waals surface area contributed by atoms with E-state index in [1.54, 1.807) is 0 Å². The van der Waals surface area contributed by atoms with Gasteiger partial charge in [-0.1, -0.05) is 0 Å². The number of hydrogen-bond acceptors (Lipinski definition) is 4. The molecule has 6 fully saturated rings. The lowest BCUT2D eigenvalue weighted by atomic mass is 9.46. The van der Waals surface area contributed by atoms with Gasteiger partial charge in [-0.25, -0.2) is 8.78 Å². The molecule has 142 valence electrons. The van der Waals surface area contributed by atoms with E-state index in [1.807, 2.05) is 6.07 Å². The highest BCUT2D eigenvalue weighted by Crippen LogP contribution is 2.63. The normalized spacial score (nSPS) is 51.5. The summed E-state index contributed by atoms with van der Waals surface area (Å²) in [5.74, 6) is -3.26. The minimum atomic E-state index is -2.78. The first-order valence-electron chi connectivity index (χ1n) is 9.74. The maximum Gasteiger partial charge on any atom is 0.254 e. The van der Waals surface area contributed by atoms with Crippen LogP contribution in [0.25, 0.3) is 0 Å². The Morgan fingerprint density at radius 3 is 2.38 bits per heavy atom. The second-order valence-electron chi connectivity index (χ2n) is 9.79. The van der Waals surface area contributed by atoms with Gasteiger partial charge in [0.25, 0.3) is 5.92 Å². The molecule has 0 spiro atoms. The molecule has 8 atom stereocenters. The highest BCUT2D eigenvalue weighted by Gasteiger charge is 2.66. The van der Waals surface area contributed by atoms with Crippen LogP contribution in [0.3, 0.4) is 0 Å². The van der Waals surface area contributed by atoms with Gasteiger partial charge >= 0.3 is 0 Å². The number of nitrogens with two attached hydrogens (primary N) is 1. The summed E-state index contributed by atoms with van der Waals surface area (Å²) in [6, 6.07) is -0.155. The number of alkyl halides is 2. The maximum absolute atomic E-state index is 13.8. The second-order valence-corrected chi connectivity index (χ2v) is 9.79. The van der Waals surface area contributed by atoms with Crippen LogP contribution in [0.2, 0.25) is 0 Å². The number of carbonyl (C=O) groups is 1. The summed E-state index contributed by atoms with van der Waals surface area (Å²) in [6.07, 6.45) is 4.51. The van der Waals surface area contributed by atoms with Crippen molar-refractivity contribution < 1.29 is 18.7 Å². The van der Waals surface area contributed by atoms with E-state index in [1.165, 1.54) is 4.90 Å². The molecule has 7 heteroatoms. The highest BCUT2D eigenvalue weighted by molar-refractivity contribution is 5.84. The third kappa shape index (κ3) is 2.09. The molecule has 4 bridgehead atoms.